The SMILES string of the molecule is CC1CCc2nc(C(=O)N3C[C@H]4COC[C@H]4C3)cn2C1. The minimum absolute atomic E-state index is 0.106. The highest BCUT2D eigenvalue weighted by Crippen LogP contribution is 2.30. The van der Waals surface area contributed by atoms with Crippen molar-refractivity contribution in [2.75, 3.05) is 26.3 Å². The topological polar surface area (TPSA) is 47.4 Å². The normalized spacial score (nSPS) is 32.2. The maximum Gasteiger partial charge on any atom is 0.274 e. The van der Waals surface area contributed by atoms with Gasteiger partial charge < -0.3 is 14.2 Å². The molecule has 4 heterocycles. The molecule has 3 aliphatic heterocycles. The molecule has 0 N–H and O–H groups in total. The van der Waals surface area contributed by atoms with Gasteiger partial charge >= 0.3 is 0 Å². The average molecular weight is 275 g/mol. The van der Waals surface area contributed by atoms with Crippen molar-refractivity contribution in [2.24, 2.45) is 17.8 Å². The van der Waals surface area contributed by atoms with Crippen LogP contribution < -0.4 is 0 Å². The van der Waals surface area contributed by atoms with E-state index in [-0.39, 0.29) is 5.91 Å². The Labute approximate surface area is 118 Å². The fourth-order valence-corrected chi connectivity index (χ4v) is 3.73. The summed E-state index contributed by atoms with van der Waals surface area (Å²) in [6.07, 6.45) is 4.13. The summed E-state index contributed by atoms with van der Waals surface area (Å²) >= 11 is 0. The number of carbonyl (C=O) groups excluding carboxylic acids is 1. The highest BCUT2D eigenvalue weighted by molar-refractivity contribution is 5.92. The van der Waals surface area contributed by atoms with Crippen molar-refractivity contribution < 1.29 is 9.53 Å². The fraction of sp³-hybridized carbons (Fsp3) is 0.733. The van der Waals surface area contributed by atoms with Gasteiger partial charge in [0.05, 0.1) is 13.2 Å². The lowest BCUT2D eigenvalue weighted by molar-refractivity contribution is 0.0746. The number of aryl methyl sites for hydroxylation is 1. The Morgan fingerprint density at radius 2 is 2.05 bits per heavy atom. The number of rotatable bonds is 1. The van der Waals surface area contributed by atoms with Crippen LogP contribution in [0.25, 0.3) is 0 Å². The predicted octanol–water partition coefficient (Wildman–Crippen LogP) is 1.18. The van der Waals surface area contributed by atoms with Gasteiger partial charge in [-0.2, -0.15) is 0 Å². The van der Waals surface area contributed by atoms with E-state index in [0.29, 0.717) is 23.4 Å². The van der Waals surface area contributed by atoms with Crippen LogP contribution in [0.1, 0.15) is 29.7 Å². The van der Waals surface area contributed by atoms with Crippen LogP contribution in [-0.2, 0) is 17.7 Å². The van der Waals surface area contributed by atoms with Crippen LogP contribution in [0, 0.1) is 17.8 Å². The lowest BCUT2D eigenvalue weighted by atomic mass is 10.0. The van der Waals surface area contributed by atoms with Crippen molar-refractivity contribution in [1.82, 2.24) is 14.5 Å². The molecule has 5 nitrogen and oxygen atoms in total. The Balaban J connectivity index is 1.52. The van der Waals surface area contributed by atoms with Crippen LogP contribution in [0.4, 0.5) is 0 Å². The first kappa shape index (κ1) is 12.4. The van der Waals surface area contributed by atoms with Gasteiger partial charge in [-0.25, -0.2) is 4.98 Å². The van der Waals surface area contributed by atoms with Crippen molar-refractivity contribution in [3.05, 3.63) is 17.7 Å². The molecule has 5 heteroatoms. The van der Waals surface area contributed by atoms with Crippen LogP contribution in [0.3, 0.4) is 0 Å². The lowest BCUT2D eigenvalue weighted by Crippen LogP contribution is -2.30. The molecule has 1 unspecified atom stereocenters. The van der Waals surface area contributed by atoms with E-state index in [1.54, 1.807) is 0 Å². The van der Waals surface area contributed by atoms with Gasteiger partial charge in [-0.15, -0.1) is 0 Å². The van der Waals surface area contributed by atoms with Gasteiger partial charge in [0, 0.05) is 44.1 Å². The molecule has 3 aliphatic rings. The molecule has 4 rings (SSSR count). The number of hydrogen-bond acceptors (Lipinski definition) is 3. The van der Waals surface area contributed by atoms with Gasteiger partial charge in [-0.3, -0.25) is 4.79 Å². The molecule has 2 fully saturated rings. The van der Waals surface area contributed by atoms with E-state index in [9.17, 15) is 4.79 Å². The summed E-state index contributed by atoms with van der Waals surface area (Å²) in [6, 6.07) is 0. The van der Waals surface area contributed by atoms with Gasteiger partial charge in [0.15, 0.2) is 0 Å². The Hall–Kier alpha value is -1.36. The molecule has 0 radical (unpaired) electrons. The number of aromatic nitrogens is 2. The zero-order chi connectivity index (χ0) is 13.7. The number of amides is 1. The highest BCUT2D eigenvalue weighted by Gasteiger charge is 2.39. The second kappa shape index (κ2) is 4.58. The first-order valence-corrected chi connectivity index (χ1v) is 7.64. The molecule has 0 aliphatic carbocycles. The second-order valence-corrected chi connectivity index (χ2v) is 6.61. The molecule has 108 valence electrons. The molecule has 1 aromatic heterocycles. The van der Waals surface area contributed by atoms with E-state index < -0.39 is 0 Å². The van der Waals surface area contributed by atoms with Crippen LogP contribution in [0.15, 0.2) is 6.20 Å². The van der Waals surface area contributed by atoms with E-state index in [2.05, 4.69) is 16.5 Å². The van der Waals surface area contributed by atoms with Gasteiger partial charge in [0.1, 0.15) is 11.5 Å². The van der Waals surface area contributed by atoms with Crippen molar-refractivity contribution in [1.29, 1.82) is 0 Å². The summed E-state index contributed by atoms with van der Waals surface area (Å²) < 4.78 is 7.63. The summed E-state index contributed by atoms with van der Waals surface area (Å²) in [4.78, 5) is 19.1. The zero-order valence-electron chi connectivity index (χ0n) is 11.9. The van der Waals surface area contributed by atoms with Crippen LogP contribution in [0.2, 0.25) is 0 Å². The zero-order valence-corrected chi connectivity index (χ0v) is 11.9. The second-order valence-electron chi connectivity index (χ2n) is 6.61. The molecule has 0 aromatic carbocycles. The Kier molecular flexibility index (Phi) is 2.84. The van der Waals surface area contributed by atoms with Crippen LogP contribution >= 0.6 is 0 Å². The van der Waals surface area contributed by atoms with Crippen molar-refractivity contribution in [3.63, 3.8) is 0 Å². The number of nitrogens with zero attached hydrogens (tertiary/aromatic N) is 3. The fourth-order valence-electron chi connectivity index (χ4n) is 3.73. The minimum Gasteiger partial charge on any atom is -0.381 e. The predicted molar refractivity (Wildman–Crippen MR) is 73.4 cm³/mol. The number of ether oxygens (including phenoxy) is 1. The number of likely N-dealkylation sites (tertiary alicyclic amines) is 1. The Morgan fingerprint density at radius 1 is 1.30 bits per heavy atom. The van der Waals surface area contributed by atoms with E-state index in [1.165, 1.54) is 6.42 Å². The molecule has 1 amide bonds. The molecule has 0 bridgehead atoms. The Morgan fingerprint density at radius 3 is 2.80 bits per heavy atom. The molecule has 0 spiro atoms. The molecule has 1 aromatic rings. The molecule has 2 saturated heterocycles. The van der Waals surface area contributed by atoms with Crippen LogP contribution in [-0.4, -0.2) is 46.7 Å². The summed E-state index contributed by atoms with van der Waals surface area (Å²) in [5.41, 5.74) is 0.634. The maximum absolute atomic E-state index is 12.6. The smallest absolute Gasteiger partial charge is 0.274 e. The van der Waals surface area contributed by atoms with Crippen molar-refractivity contribution in [3.8, 4) is 0 Å². The largest absolute Gasteiger partial charge is 0.381 e. The minimum atomic E-state index is 0.106. The van der Waals surface area contributed by atoms with Gasteiger partial charge in [-0.05, 0) is 12.3 Å². The first-order chi connectivity index (χ1) is 9.70. The number of imidazole rings is 1. The molecule has 20 heavy (non-hydrogen) atoms. The summed E-state index contributed by atoms with van der Waals surface area (Å²) in [5, 5.41) is 0. The summed E-state index contributed by atoms with van der Waals surface area (Å²) in [5.74, 6) is 2.94. The Bertz CT molecular complexity index is 527. The number of fused-ring (bicyclic) bond motifs is 2. The summed E-state index contributed by atoms with van der Waals surface area (Å²) in [6.45, 7) is 6.54. The third kappa shape index (κ3) is 1.95. The standard InChI is InChI=1S/C15H21N3O2/c1-10-2-3-14-16-13(7-17(14)4-10)15(19)18-5-11-8-20-9-12(11)6-18/h7,10-12H,2-6,8-9H2,1H3/t10?,11-,12+. The maximum atomic E-state index is 12.6. The first-order valence-electron chi connectivity index (χ1n) is 7.64. The number of hydrogen-bond donors (Lipinski definition) is 0. The molecule has 3 atom stereocenters. The van der Waals surface area contributed by atoms with Crippen LogP contribution in [0.5, 0.6) is 0 Å². The third-order valence-corrected chi connectivity index (χ3v) is 4.97. The van der Waals surface area contributed by atoms with E-state index in [0.717, 1.165) is 45.1 Å². The van der Waals surface area contributed by atoms with Crippen molar-refractivity contribution in [2.45, 2.75) is 26.3 Å². The monoisotopic (exact) mass is 275 g/mol. The lowest BCUT2D eigenvalue weighted by Gasteiger charge is -2.19. The third-order valence-electron chi connectivity index (χ3n) is 4.97. The molecular formula is C15H21N3O2. The quantitative estimate of drug-likeness (QED) is 0.773. The number of carbonyl (C=O) groups is 1. The molecule has 0 saturated carbocycles. The molecular weight excluding hydrogens is 254 g/mol. The highest BCUT2D eigenvalue weighted by atomic mass is 16.5. The van der Waals surface area contributed by atoms with E-state index in [4.69, 9.17) is 4.74 Å². The summed E-state index contributed by atoms with van der Waals surface area (Å²) in [7, 11) is 0. The van der Waals surface area contributed by atoms with Crippen molar-refractivity contribution >= 4 is 5.91 Å². The van der Waals surface area contributed by atoms with Gasteiger partial charge in [0.25, 0.3) is 5.91 Å². The van der Waals surface area contributed by atoms with Gasteiger partial charge in [0.2, 0.25) is 0 Å². The van der Waals surface area contributed by atoms with E-state index in [1.807, 2.05) is 11.1 Å². The van der Waals surface area contributed by atoms with E-state index >= 15 is 0 Å². The average Bonchev–Trinajstić information content (AvgIpc) is 3.10. The van der Waals surface area contributed by atoms with Gasteiger partial charge in [-0.1, -0.05) is 6.92 Å².